The van der Waals surface area contributed by atoms with Crippen molar-refractivity contribution in [3.8, 4) is 0 Å². The summed E-state index contributed by atoms with van der Waals surface area (Å²) in [5, 5.41) is 9.68. The van der Waals surface area contributed by atoms with Crippen molar-refractivity contribution in [3.63, 3.8) is 0 Å². The van der Waals surface area contributed by atoms with E-state index in [2.05, 4.69) is 5.32 Å². The number of rotatable bonds is 7. The topological polar surface area (TPSA) is 127 Å². The van der Waals surface area contributed by atoms with Gasteiger partial charge in [0.15, 0.2) is 0 Å². The van der Waals surface area contributed by atoms with Gasteiger partial charge in [0.1, 0.15) is 4.21 Å². The number of hydrogen-bond acceptors (Lipinski definition) is 6. The van der Waals surface area contributed by atoms with Gasteiger partial charge < -0.3 is 5.32 Å². The van der Waals surface area contributed by atoms with Gasteiger partial charge in [-0.25, -0.2) is 22.0 Å². The molecule has 1 aromatic carbocycles. The maximum atomic E-state index is 12.5. The molecule has 0 saturated carbocycles. The van der Waals surface area contributed by atoms with Crippen molar-refractivity contribution in [1.29, 1.82) is 0 Å². The van der Waals surface area contributed by atoms with Crippen molar-refractivity contribution in [2.24, 2.45) is 11.1 Å². The summed E-state index contributed by atoms with van der Waals surface area (Å²) in [5.41, 5.74) is 0.884. The van der Waals surface area contributed by atoms with Crippen molar-refractivity contribution in [2.75, 3.05) is 19.6 Å². The molecule has 0 spiro atoms. The summed E-state index contributed by atoms with van der Waals surface area (Å²) in [6.45, 7) is 1.07. The first-order valence-corrected chi connectivity index (χ1v) is 13.0. The van der Waals surface area contributed by atoms with Crippen LogP contribution in [0.15, 0.2) is 50.9 Å². The smallest absolute Gasteiger partial charge is 0.252 e. The number of nitrogens with two attached hydrogens (primary N) is 1. The van der Waals surface area contributed by atoms with E-state index in [9.17, 15) is 21.6 Å². The Morgan fingerprint density at radius 3 is 2.31 bits per heavy atom. The van der Waals surface area contributed by atoms with Crippen LogP contribution < -0.4 is 10.5 Å². The third-order valence-corrected chi connectivity index (χ3v) is 9.08. The van der Waals surface area contributed by atoms with E-state index in [-0.39, 0.29) is 16.7 Å². The quantitative estimate of drug-likeness (QED) is 0.645. The molecule has 11 heteroatoms. The predicted octanol–water partition coefficient (Wildman–Crippen LogP) is 1.16. The number of carbonyl (C=O) groups is 1. The molecule has 1 aliphatic rings. The van der Waals surface area contributed by atoms with E-state index < -0.39 is 20.0 Å². The molecule has 0 bridgehead atoms. The van der Waals surface area contributed by atoms with Gasteiger partial charge in [0.25, 0.3) is 10.0 Å². The lowest BCUT2D eigenvalue weighted by Gasteiger charge is -2.30. The van der Waals surface area contributed by atoms with E-state index in [1.165, 1.54) is 27.8 Å². The van der Waals surface area contributed by atoms with Crippen LogP contribution in [0.2, 0.25) is 0 Å². The average molecular weight is 458 g/mol. The third kappa shape index (κ3) is 5.43. The summed E-state index contributed by atoms with van der Waals surface area (Å²) in [7, 11) is -7.18. The monoisotopic (exact) mass is 457 g/mol. The first kappa shape index (κ1) is 21.9. The molecule has 2 heterocycles. The van der Waals surface area contributed by atoms with Crippen LogP contribution in [-0.4, -0.2) is 46.7 Å². The molecule has 8 nitrogen and oxygen atoms in total. The highest BCUT2D eigenvalue weighted by Gasteiger charge is 2.32. The number of sulfonamides is 2. The second-order valence-corrected chi connectivity index (χ2v) is 11.5. The van der Waals surface area contributed by atoms with Gasteiger partial charge in [0.2, 0.25) is 15.9 Å². The molecule has 29 heavy (non-hydrogen) atoms. The van der Waals surface area contributed by atoms with Gasteiger partial charge in [0, 0.05) is 25.6 Å². The Kier molecular flexibility index (Phi) is 6.74. The number of nitrogens with zero attached hydrogens (tertiary/aromatic N) is 1. The molecule has 0 unspecified atom stereocenters. The van der Waals surface area contributed by atoms with Crippen LogP contribution in [0.25, 0.3) is 0 Å². The van der Waals surface area contributed by atoms with Gasteiger partial charge in [-0.15, -0.1) is 11.3 Å². The molecule has 0 radical (unpaired) electrons. The lowest BCUT2D eigenvalue weighted by atomic mass is 9.97. The maximum absolute atomic E-state index is 12.5. The van der Waals surface area contributed by atoms with Crippen LogP contribution in [0.1, 0.15) is 18.4 Å². The Labute approximate surface area is 174 Å². The molecular formula is C18H23N3O5S3. The molecule has 1 fully saturated rings. The lowest BCUT2D eigenvalue weighted by Crippen LogP contribution is -2.43. The van der Waals surface area contributed by atoms with E-state index in [1.807, 2.05) is 0 Å². The number of primary sulfonamides is 1. The van der Waals surface area contributed by atoms with Crippen molar-refractivity contribution in [1.82, 2.24) is 9.62 Å². The van der Waals surface area contributed by atoms with E-state index >= 15 is 0 Å². The Morgan fingerprint density at radius 1 is 1.10 bits per heavy atom. The zero-order chi connectivity index (χ0) is 21.1. The van der Waals surface area contributed by atoms with Crippen molar-refractivity contribution >= 4 is 37.3 Å². The van der Waals surface area contributed by atoms with Crippen molar-refractivity contribution < 1.29 is 21.6 Å². The maximum Gasteiger partial charge on any atom is 0.252 e. The first-order valence-electron chi connectivity index (χ1n) is 9.11. The number of carbonyl (C=O) groups excluding carboxylic acids is 1. The fourth-order valence-electron chi connectivity index (χ4n) is 3.22. The molecule has 0 atom stereocenters. The van der Waals surface area contributed by atoms with Crippen molar-refractivity contribution in [2.45, 2.75) is 28.4 Å². The van der Waals surface area contributed by atoms with E-state index in [4.69, 9.17) is 5.14 Å². The summed E-state index contributed by atoms with van der Waals surface area (Å²) < 4.78 is 49.3. The number of benzene rings is 1. The van der Waals surface area contributed by atoms with Gasteiger partial charge in [0.05, 0.1) is 4.90 Å². The normalized spacial score (nSPS) is 16.6. The van der Waals surface area contributed by atoms with E-state index in [0.29, 0.717) is 43.1 Å². The SMILES string of the molecule is NS(=O)(=O)c1ccc(CCNC(=O)C2CCN(S(=O)(=O)c3cccs3)CC2)cc1. The summed E-state index contributed by atoms with van der Waals surface area (Å²) in [6.07, 6.45) is 1.53. The number of nitrogens with one attached hydrogen (secondary N) is 1. The minimum Gasteiger partial charge on any atom is -0.356 e. The third-order valence-electron chi connectivity index (χ3n) is 4.88. The molecule has 3 N–H and O–H groups in total. The van der Waals surface area contributed by atoms with Crippen LogP contribution in [0, 0.1) is 5.92 Å². The summed E-state index contributed by atoms with van der Waals surface area (Å²) in [6, 6.07) is 9.51. The van der Waals surface area contributed by atoms with Gasteiger partial charge in [-0.2, -0.15) is 4.31 Å². The fourth-order valence-corrected chi connectivity index (χ4v) is 6.35. The van der Waals surface area contributed by atoms with Crippen LogP contribution in [0.4, 0.5) is 0 Å². The number of amides is 1. The zero-order valence-electron chi connectivity index (χ0n) is 15.7. The summed E-state index contributed by atoms with van der Waals surface area (Å²) in [4.78, 5) is 12.4. The fraction of sp³-hybridized carbons (Fsp3) is 0.389. The van der Waals surface area contributed by atoms with E-state index in [1.54, 1.807) is 29.6 Å². The first-order chi connectivity index (χ1) is 13.7. The lowest BCUT2D eigenvalue weighted by molar-refractivity contribution is -0.126. The highest BCUT2D eigenvalue weighted by atomic mass is 32.2. The van der Waals surface area contributed by atoms with Gasteiger partial charge in [-0.1, -0.05) is 18.2 Å². The molecule has 2 aromatic rings. The number of piperidine rings is 1. The Balaban J connectivity index is 1.45. The average Bonchev–Trinajstić information content (AvgIpc) is 3.23. The molecule has 1 saturated heterocycles. The summed E-state index contributed by atoms with van der Waals surface area (Å²) >= 11 is 1.19. The summed E-state index contributed by atoms with van der Waals surface area (Å²) in [5.74, 6) is -0.297. The predicted molar refractivity (Wildman–Crippen MR) is 110 cm³/mol. The standard InChI is InChI=1S/C18H23N3O5S3/c19-28(23,24)16-5-3-14(4-6-16)7-10-20-18(22)15-8-11-21(12-9-15)29(25,26)17-2-1-13-27-17/h1-6,13,15H,7-12H2,(H,20,22)(H2,19,23,24). The molecule has 158 valence electrons. The second-order valence-electron chi connectivity index (χ2n) is 6.84. The molecule has 1 amide bonds. The van der Waals surface area contributed by atoms with E-state index in [0.717, 1.165) is 5.56 Å². The minimum absolute atomic E-state index is 0.0505. The molecule has 1 aliphatic heterocycles. The Bertz CT molecular complexity index is 1040. The molecule has 1 aromatic heterocycles. The van der Waals surface area contributed by atoms with Crippen LogP contribution in [0.5, 0.6) is 0 Å². The highest BCUT2D eigenvalue weighted by Crippen LogP contribution is 2.26. The van der Waals surface area contributed by atoms with Crippen LogP contribution in [-0.2, 0) is 31.3 Å². The zero-order valence-corrected chi connectivity index (χ0v) is 18.1. The van der Waals surface area contributed by atoms with Gasteiger partial charge in [-0.3, -0.25) is 4.79 Å². The minimum atomic E-state index is -3.71. The largest absolute Gasteiger partial charge is 0.356 e. The van der Waals surface area contributed by atoms with Crippen LogP contribution in [0.3, 0.4) is 0 Å². The van der Waals surface area contributed by atoms with Crippen molar-refractivity contribution in [3.05, 3.63) is 47.3 Å². The van der Waals surface area contributed by atoms with Gasteiger partial charge in [-0.05, 0) is 48.4 Å². The second kappa shape index (κ2) is 8.92. The highest BCUT2D eigenvalue weighted by molar-refractivity contribution is 7.91. The molecule has 0 aliphatic carbocycles. The van der Waals surface area contributed by atoms with Gasteiger partial charge >= 0.3 is 0 Å². The molecular weight excluding hydrogens is 434 g/mol. The number of hydrogen-bond donors (Lipinski definition) is 2. The Hall–Kier alpha value is -1.79. The molecule has 3 rings (SSSR count). The van der Waals surface area contributed by atoms with Crippen LogP contribution >= 0.6 is 11.3 Å². The Morgan fingerprint density at radius 2 is 1.76 bits per heavy atom. The number of thiophene rings is 1.